The van der Waals surface area contributed by atoms with E-state index in [9.17, 15) is 4.39 Å². The van der Waals surface area contributed by atoms with Gasteiger partial charge in [0, 0.05) is 12.6 Å². The molecule has 1 heterocycles. The molecule has 5 nitrogen and oxygen atoms in total. The molecule has 1 aromatic carbocycles. The van der Waals surface area contributed by atoms with Crippen LogP contribution in [0.4, 0.5) is 10.1 Å². The van der Waals surface area contributed by atoms with Crippen molar-refractivity contribution in [2.24, 2.45) is 0 Å². The molecule has 1 fully saturated rings. The zero-order valence-corrected chi connectivity index (χ0v) is 12.6. The van der Waals surface area contributed by atoms with Gasteiger partial charge in [-0.05, 0) is 18.3 Å². The maximum absolute atomic E-state index is 13.9. The molecule has 8 heteroatoms. The molecule has 0 amide bonds. The second-order valence-corrected chi connectivity index (χ2v) is 4.85. The fraction of sp³-hybridized carbons (Fsp3) is 0.308. The molecule has 0 spiro atoms. The van der Waals surface area contributed by atoms with Crippen LogP contribution >= 0.6 is 23.8 Å². The van der Waals surface area contributed by atoms with Gasteiger partial charge in [-0.1, -0.05) is 17.5 Å². The van der Waals surface area contributed by atoms with Crippen LogP contribution in [0.2, 0.25) is 5.02 Å². The van der Waals surface area contributed by atoms with Crippen molar-refractivity contribution in [1.29, 1.82) is 0 Å². The van der Waals surface area contributed by atoms with Gasteiger partial charge in [0.05, 0.1) is 17.3 Å². The minimum atomic E-state index is -0.548. The zero-order valence-electron chi connectivity index (χ0n) is 11.0. The first-order valence-corrected chi connectivity index (χ1v) is 6.85. The first kappa shape index (κ1) is 15.8. The highest BCUT2D eigenvalue weighted by atomic mass is 35.5. The lowest BCUT2D eigenvalue weighted by Gasteiger charge is -2.29. The van der Waals surface area contributed by atoms with Gasteiger partial charge >= 0.3 is 0 Å². The number of hydrogen-bond donors (Lipinski definition) is 2. The first-order chi connectivity index (χ1) is 10.1. The Labute approximate surface area is 132 Å². The number of thiocarbonyl (C=S) groups is 1. The topological polar surface area (TPSA) is 45.8 Å². The fourth-order valence-corrected chi connectivity index (χ4v) is 2.05. The van der Waals surface area contributed by atoms with Crippen LogP contribution in [0.5, 0.6) is 5.75 Å². The summed E-state index contributed by atoms with van der Waals surface area (Å²) in [6.07, 6.45) is 5.12. The third kappa shape index (κ3) is 4.19. The average Bonchev–Trinajstić information content (AvgIpc) is 2.49. The number of terminal acetylenes is 1. The molecule has 1 aliphatic heterocycles. The van der Waals surface area contributed by atoms with Crippen LogP contribution in [-0.4, -0.2) is 36.6 Å². The normalized spacial score (nSPS) is 14.4. The monoisotopic (exact) mass is 329 g/mol. The van der Waals surface area contributed by atoms with Crippen molar-refractivity contribution >= 4 is 34.6 Å². The van der Waals surface area contributed by atoms with Crippen LogP contribution in [0, 0.1) is 18.2 Å². The quantitative estimate of drug-likeness (QED) is 0.653. The van der Waals surface area contributed by atoms with Crippen LogP contribution < -0.4 is 15.5 Å². The number of hydrogen-bond acceptors (Lipinski definition) is 4. The number of rotatable bonds is 3. The molecule has 2 rings (SSSR count). The summed E-state index contributed by atoms with van der Waals surface area (Å²) in [5.41, 5.74) is 3.16. The Morgan fingerprint density at radius 2 is 2.48 bits per heavy atom. The summed E-state index contributed by atoms with van der Waals surface area (Å²) in [4.78, 5) is 0. The van der Waals surface area contributed by atoms with E-state index in [1.165, 1.54) is 6.07 Å². The molecule has 0 saturated carbocycles. The van der Waals surface area contributed by atoms with Crippen LogP contribution in [-0.2, 0) is 4.74 Å². The van der Waals surface area contributed by atoms with E-state index in [1.807, 2.05) is 0 Å². The van der Waals surface area contributed by atoms with E-state index in [0.717, 1.165) is 6.07 Å². The van der Waals surface area contributed by atoms with Gasteiger partial charge in [0.15, 0.2) is 5.11 Å². The summed E-state index contributed by atoms with van der Waals surface area (Å²) < 4.78 is 24.4. The van der Waals surface area contributed by atoms with E-state index in [0.29, 0.717) is 13.2 Å². The van der Waals surface area contributed by atoms with Gasteiger partial charge in [0.1, 0.15) is 24.9 Å². The van der Waals surface area contributed by atoms with E-state index < -0.39 is 5.82 Å². The summed E-state index contributed by atoms with van der Waals surface area (Å²) >= 11 is 11.1. The molecular weight excluding hydrogens is 317 g/mol. The molecule has 0 aliphatic carbocycles. The molecular formula is C13H13ClFN3O2S. The Morgan fingerprint density at radius 1 is 1.67 bits per heavy atom. The Bertz CT molecular complexity index is 573. The minimum absolute atomic E-state index is 0.0385. The SMILES string of the molecule is C#CCOc1cc(NC(=S)N2COCCN2)c(F)cc1Cl. The average molecular weight is 330 g/mol. The van der Waals surface area contributed by atoms with Crippen molar-refractivity contribution in [3.63, 3.8) is 0 Å². The summed E-state index contributed by atoms with van der Waals surface area (Å²) in [7, 11) is 0. The molecule has 0 unspecified atom stereocenters. The van der Waals surface area contributed by atoms with E-state index in [2.05, 4.69) is 16.7 Å². The number of nitrogens with zero attached hydrogens (tertiary/aromatic N) is 1. The third-order valence-electron chi connectivity index (χ3n) is 2.59. The van der Waals surface area contributed by atoms with Crippen molar-refractivity contribution in [2.75, 3.05) is 31.8 Å². The number of halogens is 2. The maximum atomic E-state index is 13.9. The van der Waals surface area contributed by atoms with Crippen LogP contribution in [0.15, 0.2) is 12.1 Å². The molecule has 0 bridgehead atoms. The molecule has 21 heavy (non-hydrogen) atoms. The molecule has 2 N–H and O–H groups in total. The zero-order chi connectivity index (χ0) is 15.2. The fourth-order valence-electron chi connectivity index (χ4n) is 1.62. The van der Waals surface area contributed by atoms with E-state index in [1.54, 1.807) is 5.01 Å². The highest BCUT2D eigenvalue weighted by molar-refractivity contribution is 7.80. The number of ether oxygens (including phenoxy) is 2. The van der Waals surface area contributed by atoms with Crippen molar-refractivity contribution < 1.29 is 13.9 Å². The van der Waals surface area contributed by atoms with Crippen molar-refractivity contribution in [1.82, 2.24) is 10.4 Å². The Hall–Kier alpha value is -1.59. The predicted octanol–water partition coefficient (Wildman–Crippen LogP) is 1.98. The van der Waals surface area contributed by atoms with E-state index in [4.69, 9.17) is 39.7 Å². The lowest BCUT2D eigenvalue weighted by atomic mass is 10.3. The molecule has 0 atom stereocenters. The maximum Gasteiger partial charge on any atom is 0.190 e. The summed E-state index contributed by atoms with van der Waals surface area (Å²) in [5, 5.41) is 4.75. The highest BCUT2D eigenvalue weighted by Gasteiger charge is 2.16. The molecule has 1 aliphatic rings. The van der Waals surface area contributed by atoms with Gasteiger partial charge < -0.3 is 14.8 Å². The highest BCUT2D eigenvalue weighted by Crippen LogP contribution is 2.30. The molecule has 0 radical (unpaired) electrons. The van der Waals surface area contributed by atoms with E-state index in [-0.39, 0.29) is 34.9 Å². The van der Waals surface area contributed by atoms with Crippen LogP contribution in [0.25, 0.3) is 0 Å². The van der Waals surface area contributed by atoms with Gasteiger partial charge in [-0.15, -0.1) is 6.42 Å². The lowest BCUT2D eigenvalue weighted by Crippen LogP contribution is -2.51. The predicted molar refractivity (Wildman–Crippen MR) is 82.6 cm³/mol. The van der Waals surface area contributed by atoms with Crippen molar-refractivity contribution in [3.05, 3.63) is 23.0 Å². The van der Waals surface area contributed by atoms with Crippen molar-refractivity contribution in [2.45, 2.75) is 0 Å². The summed E-state index contributed by atoms with van der Waals surface area (Å²) in [6.45, 7) is 1.54. The minimum Gasteiger partial charge on any atom is -0.479 e. The number of anilines is 1. The molecule has 1 saturated heterocycles. The molecule has 1 aromatic rings. The second-order valence-electron chi connectivity index (χ2n) is 4.06. The second kappa shape index (κ2) is 7.43. The summed E-state index contributed by atoms with van der Waals surface area (Å²) in [5.74, 6) is 2.05. The van der Waals surface area contributed by atoms with Gasteiger partial charge in [-0.3, -0.25) is 5.01 Å². The smallest absolute Gasteiger partial charge is 0.190 e. The van der Waals surface area contributed by atoms with E-state index >= 15 is 0 Å². The van der Waals surface area contributed by atoms with Gasteiger partial charge in [-0.25, -0.2) is 9.82 Å². The molecule has 112 valence electrons. The Morgan fingerprint density at radius 3 is 3.14 bits per heavy atom. The lowest BCUT2D eigenvalue weighted by molar-refractivity contribution is -0.000935. The van der Waals surface area contributed by atoms with Crippen molar-refractivity contribution in [3.8, 4) is 18.1 Å². The number of hydrazine groups is 1. The number of nitrogens with one attached hydrogen (secondary N) is 2. The van der Waals surface area contributed by atoms with Gasteiger partial charge in [-0.2, -0.15) is 0 Å². The number of benzene rings is 1. The molecule has 0 aromatic heterocycles. The Balaban J connectivity index is 2.11. The first-order valence-electron chi connectivity index (χ1n) is 6.07. The van der Waals surface area contributed by atoms with Gasteiger partial charge in [0.2, 0.25) is 0 Å². The standard InChI is InChI=1S/C13H13ClFN3O2S/c1-2-4-20-12-7-11(10(15)6-9(12)14)17-13(21)18-8-19-5-3-16-18/h1,6-7,16H,3-5,8H2,(H,17,21). The Kier molecular flexibility index (Phi) is 5.59. The van der Waals surface area contributed by atoms with Crippen LogP contribution in [0.1, 0.15) is 0 Å². The van der Waals surface area contributed by atoms with Gasteiger partial charge in [0.25, 0.3) is 0 Å². The third-order valence-corrected chi connectivity index (χ3v) is 3.21. The largest absolute Gasteiger partial charge is 0.479 e. The van der Waals surface area contributed by atoms with Crippen LogP contribution in [0.3, 0.4) is 0 Å². The summed E-state index contributed by atoms with van der Waals surface area (Å²) in [6, 6.07) is 2.55.